The SMILES string of the molecule is NC/C=C/CSCc1ccc(Cl)cc1. The van der Waals surface area contributed by atoms with Gasteiger partial charge in [0.1, 0.15) is 0 Å². The molecule has 0 radical (unpaired) electrons. The molecule has 1 aromatic rings. The zero-order valence-corrected chi connectivity index (χ0v) is 9.52. The van der Waals surface area contributed by atoms with Gasteiger partial charge in [0.2, 0.25) is 0 Å². The standard InChI is InChI=1S/C11H14ClNS/c12-11-5-3-10(4-6-11)9-14-8-2-1-7-13/h1-6H,7-9,13H2/b2-1+. The molecule has 0 aromatic heterocycles. The lowest BCUT2D eigenvalue weighted by Crippen LogP contribution is -1.92. The van der Waals surface area contributed by atoms with Gasteiger partial charge in [-0.3, -0.25) is 0 Å². The molecule has 0 unspecified atom stereocenters. The third-order valence-electron chi connectivity index (χ3n) is 1.70. The van der Waals surface area contributed by atoms with E-state index in [0.29, 0.717) is 6.54 Å². The Kier molecular flexibility index (Phi) is 5.76. The number of thioether (sulfide) groups is 1. The summed E-state index contributed by atoms with van der Waals surface area (Å²) < 4.78 is 0. The van der Waals surface area contributed by atoms with Gasteiger partial charge in [-0.25, -0.2) is 0 Å². The van der Waals surface area contributed by atoms with Gasteiger partial charge in [0.05, 0.1) is 0 Å². The third-order valence-corrected chi connectivity index (χ3v) is 2.92. The van der Waals surface area contributed by atoms with Gasteiger partial charge < -0.3 is 5.73 Å². The van der Waals surface area contributed by atoms with Gasteiger partial charge in [0, 0.05) is 23.1 Å². The van der Waals surface area contributed by atoms with E-state index in [1.807, 2.05) is 30.0 Å². The molecule has 0 atom stereocenters. The van der Waals surface area contributed by atoms with E-state index in [1.54, 1.807) is 0 Å². The highest BCUT2D eigenvalue weighted by Crippen LogP contribution is 2.15. The van der Waals surface area contributed by atoms with Crippen molar-refractivity contribution < 1.29 is 0 Å². The quantitative estimate of drug-likeness (QED) is 0.618. The first kappa shape index (κ1) is 11.6. The smallest absolute Gasteiger partial charge is 0.0406 e. The van der Waals surface area contributed by atoms with Crippen molar-refractivity contribution in [1.29, 1.82) is 0 Å². The Hall–Kier alpha value is -0.440. The Morgan fingerprint density at radius 1 is 1.21 bits per heavy atom. The fourth-order valence-electron chi connectivity index (χ4n) is 0.990. The van der Waals surface area contributed by atoms with Crippen LogP contribution in [-0.2, 0) is 5.75 Å². The zero-order chi connectivity index (χ0) is 10.2. The molecule has 14 heavy (non-hydrogen) atoms. The Bertz CT molecular complexity index is 282. The molecule has 76 valence electrons. The highest BCUT2D eigenvalue weighted by molar-refractivity contribution is 7.98. The van der Waals surface area contributed by atoms with E-state index in [9.17, 15) is 0 Å². The summed E-state index contributed by atoms with van der Waals surface area (Å²) in [5, 5.41) is 0.793. The van der Waals surface area contributed by atoms with Crippen molar-refractivity contribution in [2.75, 3.05) is 12.3 Å². The van der Waals surface area contributed by atoms with E-state index < -0.39 is 0 Å². The average Bonchev–Trinajstić information content (AvgIpc) is 2.21. The first-order valence-corrected chi connectivity index (χ1v) is 6.03. The van der Waals surface area contributed by atoms with E-state index in [0.717, 1.165) is 16.5 Å². The average molecular weight is 228 g/mol. The summed E-state index contributed by atoms with van der Waals surface area (Å²) in [6.45, 7) is 0.626. The minimum absolute atomic E-state index is 0.626. The summed E-state index contributed by atoms with van der Waals surface area (Å²) in [4.78, 5) is 0. The lowest BCUT2D eigenvalue weighted by Gasteiger charge is -1.99. The number of rotatable bonds is 5. The predicted molar refractivity (Wildman–Crippen MR) is 65.8 cm³/mol. The molecule has 1 aromatic carbocycles. The van der Waals surface area contributed by atoms with Crippen molar-refractivity contribution in [1.82, 2.24) is 0 Å². The molecule has 0 aliphatic carbocycles. The van der Waals surface area contributed by atoms with Gasteiger partial charge in [-0.1, -0.05) is 35.9 Å². The molecular weight excluding hydrogens is 214 g/mol. The molecule has 1 nitrogen and oxygen atoms in total. The van der Waals surface area contributed by atoms with Crippen molar-refractivity contribution in [3.05, 3.63) is 47.0 Å². The molecule has 0 amide bonds. The molecule has 0 heterocycles. The zero-order valence-electron chi connectivity index (χ0n) is 7.95. The normalized spacial score (nSPS) is 11.0. The second-order valence-electron chi connectivity index (χ2n) is 2.85. The molecular formula is C11H14ClNS. The van der Waals surface area contributed by atoms with Gasteiger partial charge in [-0.05, 0) is 17.7 Å². The van der Waals surface area contributed by atoms with Crippen LogP contribution >= 0.6 is 23.4 Å². The van der Waals surface area contributed by atoms with Gasteiger partial charge in [0.25, 0.3) is 0 Å². The van der Waals surface area contributed by atoms with Crippen molar-refractivity contribution in [3.8, 4) is 0 Å². The highest BCUT2D eigenvalue weighted by atomic mass is 35.5. The number of nitrogens with two attached hydrogens (primary N) is 1. The highest BCUT2D eigenvalue weighted by Gasteiger charge is 1.92. The van der Waals surface area contributed by atoms with Crippen LogP contribution in [0.25, 0.3) is 0 Å². The molecule has 0 aliphatic rings. The maximum Gasteiger partial charge on any atom is 0.0406 e. The topological polar surface area (TPSA) is 26.0 Å². The molecule has 2 N–H and O–H groups in total. The second kappa shape index (κ2) is 6.93. The van der Waals surface area contributed by atoms with E-state index >= 15 is 0 Å². The van der Waals surface area contributed by atoms with Crippen LogP contribution in [0.4, 0.5) is 0 Å². The summed E-state index contributed by atoms with van der Waals surface area (Å²) in [6.07, 6.45) is 4.08. The van der Waals surface area contributed by atoms with E-state index in [1.165, 1.54) is 5.56 Å². The lowest BCUT2D eigenvalue weighted by molar-refractivity contribution is 1.25. The van der Waals surface area contributed by atoms with Crippen LogP contribution in [0.15, 0.2) is 36.4 Å². The summed E-state index contributed by atoms with van der Waals surface area (Å²) in [6, 6.07) is 7.96. The monoisotopic (exact) mass is 227 g/mol. The van der Waals surface area contributed by atoms with E-state index in [2.05, 4.69) is 18.2 Å². The number of hydrogen-bond donors (Lipinski definition) is 1. The van der Waals surface area contributed by atoms with Crippen LogP contribution < -0.4 is 5.73 Å². The number of halogens is 1. The second-order valence-corrected chi connectivity index (χ2v) is 4.32. The fourth-order valence-corrected chi connectivity index (χ4v) is 1.93. The molecule has 0 spiro atoms. The summed E-state index contributed by atoms with van der Waals surface area (Å²) >= 11 is 7.65. The minimum Gasteiger partial charge on any atom is -0.327 e. The summed E-state index contributed by atoms with van der Waals surface area (Å²) in [5.74, 6) is 2.03. The van der Waals surface area contributed by atoms with Gasteiger partial charge in [-0.15, -0.1) is 0 Å². The van der Waals surface area contributed by atoms with Crippen molar-refractivity contribution in [2.45, 2.75) is 5.75 Å². The Balaban J connectivity index is 2.25. The van der Waals surface area contributed by atoms with Crippen LogP contribution in [-0.4, -0.2) is 12.3 Å². The molecule has 0 aliphatic heterocycles. The van der Waals surface area contributed by atoms with Crippen molar-refractivity contribution >= 4 is 23.4 Å². The van der Waals surface area contributed by atoms with Crippen LogP contribution in [0.1, 0.15) is 5.56 Å². The fraction of sp³-hybridized carbons (Fsp3) is 0.273. The summed E-state index contributed by atoms with van der Waals surface area (Å²) in [5.41, 5.74) is 6.63. The third kappa shape index (κ3) is 4.70. The predicted octanol–water partition coefficient (Wildman–Crippen LogP) is 3.09. The van der Waals surface area contributed by atoms with Crippen molar-refractivity contribution in [3.63, 3.8) is 0 Å². The van der Waals surface area contributed by atoms with Gasteiger partial charge in [0.15, 0.2) is 0 Å². The Morgan fingerprint density at radius 3 is 2.57 bits per heavy atom. The number of hydrogen-bond acceptors (Lipinski definition) is 2. The Morgan fingerprint density at radius 2 is 1.93 bits per heavy atom. The van der Waals surface area contributed by atoms with Crippen LogP contribution in [0, 0.1) is 0 Å². The first-order chi connectivity index (χ1) is 6.83. The van der Waals surface area contributed by atoms with Crippen LogP contribution in [0.5, 0.6) is 0 Å². The molecule has 3 heteroatoms. The van der Waals surface area contributed by atoms with Gasteiger partial charge in [-0.2, -0.15) is 11.8 Å². The maximum absolute atomic E-state index is 5.78. The van der Waals surface area contributed by atoms with Crippen molar-refractivity contribution in [2.24, 2.45) is 5.73 Å². The molecule has 1 rings (SSSR count). The van der Waals surface area contributed by atoms with Crippen LogP contribution in [0.3, 0.4) is 0 Å². The molecule has 0 fully saturated rings. The van der Waals surface area contributed by atoms with E-state index in [4.69, 9.17) is 17.3 Å². The Labute approximate surface area is 94.3 Å². The lowest BCUT2D eigenvalue weighted by atomic mass is 10.2. The van der Waals surface area contributed by atoms with E-state index in [-0.39, 0.29) is 0 Å². The molecule has 0 bridgehead atoms. The first-order valence-electron chi connectivity index (χ1n) is 4.50. The largest absolute Gasteiger partial charge is 0.327 e. The van der Waals surface area contributed by atoms with Gasteiger partial charge >= 0.3 is 0 Å². The number of benzene rings is 1. The van der Waals surface area contributed by atoms with Crippen LogP contribution in [0.2, 0.25) is 5.02 Å². The molecule has 0 saturated heterocycles. The maximum atomic E-state index is 5.78. The molecule has 0 saturated carbocycles. The minimum atomic E-state index is 0.626. The summed E-state index contributed by atoms with van der Waals surface area (Å²) in [7, 11) is 0.